The first kappa shape index (κ1) is 33.6. The molecule has 0 aromatic heterocycles. The molecule has 0 unspecified atom stereocenters. The van der Waals surface area contributed by atoms with E-state index in [1.165, 1.54) is 0 Å². The standard InChI is InChI=1S/2C12H14O4.C11H12O3/c1-4-5-8-6-9-11(16-7-15-9)12(14-3)10(8)13-2;1-4-5-8-6-9(13-2)11-12(10(8)14-3)16-7-15-11;1-3-4-8-5-9(12-2)11-10(6-8)13-7-14-11/h2*4,6H,1,5,7H2,2-3H3;3,5-6H,1,4,7H2,2H3. The number of methoxy groups -OCH3 is 5. The van der Waals surface area contributed by atoms with E-state index in [4.69, 9.17) is 52.1 Å². The van der Waals surface area contributed by atoms with Crippen LogP contribution in [0.5, 0.6) is 63.2 Å². The SMILES string of the molecule is C=CCc1cc(OC)c2c(c1)OCO2.C=CCc1cc(OC)c2c(c1OC)OCO2.C=CCc1cc2c(c(OC)c1OC)OCO2. The van der Waals surface area contributed by atoms with Crippen molar-refractivity contribution in [2.75, 3.05) is 55.9 Å². The molecule has 0 saturated heterocycles. The minimum absolute atomic E-state index is 0.194. The zero-order chi connectivity index (χ0) is 33.1. The summed E-state index contributed by atoms with van der Waals surface area (Å²) in [6, 6.07) is 7.67. The molecule has 0 bridgehead atoms. The lowest BCUT2D eigenvalue weighted by Crippen LogP contribution is -1.97. The van der Waals surface area contributed by atoms with Gasteiger partial charge in [0.05, 0.1) is 35.5 Å². The molecule has 3 aromatic rings. The van der Waals surface area contributed by atoms with Gasteiger partial charge < -0.3 is 52.1 Å². The topological polar surface area (TPSA) is 102 Å². The number of hydrogen-bond donors (Lipinski definition) is 0. The Kier molecular flexibility index (Phi) is 11.8. The predicted molar refractivity (Wildman–Crippen MR) is 172 cm³/mol. The van der Waals surface area contributed by atoms with E-state index in [0.29, 0.717) is 64.6 Å². The molecule has 0 aliphatic carbocycles. The second-order valence-corrected chi connectivity index (χ2v) is 9.68. The highest BCUT2D eigenvalue weighted by Crippen LogP contribution is 2.50. The zero-order valence-corrected chi connectivity index (χ0v) is 26.9. The first-order valence-corrected chi connectivity index (χ1v) is 14.3. The van der Waals surface area contributed by atoms with Gasteiger partial charge in [0.2, 0.25) is 49.1 Å². The number of fused-ring (bicyclic) bond motifs is 3. The first-order valence-electron chi connectivity index (χ1n) is 14.3. The molecule has 11 heteroatoms. The van der Waals surface area contributed by atoms with Crippen LogP contribution in [-0.4, -0.2) is 55.9 Å². The molecule has 3 aliphatic rings. The van der Waals surface area contributed by atoms with Crippen LogP contribution in [0.2, 0.25) is 0 Å². The summed E-state index contributed by atoms with van der Waals surface area (Å²) in [7, 11) is 8.01. The molecule has 0 spiro atoms. The zero-order valence-electron chi connectivity index (χ0n) is 26.9. The number of allylic oxidation sites excluding steroid dienone is 3. The highest BCUT2D eigenvalue weighted by Gasteiger charge is 2.27. The van der Waals surface area contributed by atoms with Crippen LogP contribution >= 0.6 is 0 Å². The molecule has 246 valence electrons. The highest BCUT2D eigenvalue weighted by atomic mass is 16.7. The Morgan fingerprint density at radius 2 is 1.00 bits per heavy atom. The third-order valence-corrected chi connectivity index (χ3v) is 6.95. The summed E-state index contributed by atoms with van der Waals surface area (Å²) in [5.41, 5.74) is 3.05. The lowest BCUT2D eigenvalue weighted by molar-refractivity contribution is 0.168. The summed E-state index contributed by atoms with van der Waals surface area (Å²) < 4.78 is 58.4. The third-order valence-electron chi connectivity index (χ3n) is 6.95. The van der Waals surface area contributed by atoms with Crippen molar-refractivity contribution in [3.05, 3.63) is 78.9 Å². The van der Waals surface area contributed by atoms with Crippen LogP contribution in [0.4, 0.5) is 0 Å². The molecular weight excluding hydrogens is 596 g/mol. The summed E-state index contributed by atoms with van der Waals surface area (Å²) >= 11 is 0. The maximum absolute atomic E-state index is 5.39. The summed E-state index contributed by atoms with van der Waals surface area (Å²) in [4.78, 5) is 0. The van der Waals surface area contributed by atoms with Gasteiger partial charge in [-0.15, -0.1) is 19.7 Å². The molecule has 3 aliphatic heterocycles. The molecule has 0 fully saturated rings. The predicted octanol–water partition coefficient (Wildman–Crippen LogP) is 6.47. The average Bonchev–Trinajstić information content (AvgIpc) is 3.86. The van der Waals surface area contributed by atoms with Crippen molar-refractivity contribution in [1.29, 1.82) is 0 Å². The van der Waals surface area contributed by atoms with E-state index < -0.39 is 0 Å². The maximum atomic E-state index is 5.39. The Labute approximate surface area is 269 Å². The minimum Gasteiger partial charge on any atom is -0.493 e. The molecule has 46 heavy (non-hydrogen) atoms. The van der Waals surface area contributed by atoms with Crippen LogP contribution < -0.4 is 52.1 Å². The highest BCUT2D eigenvalue weighted by molar-refractivity contribution is 5.65. The van der Waals surface area contributed by atoms with E-state index in [-0.39, 0.29) is 20.4 Å². The van der Waals surface area contributed by atoms with Gasteiger partial charge in [0, 0.05) is 11.1 Å². The molecular formula is C35H40O11. The van der Waals surface area contributed by atoms with Crippen LogP contribution in [0.25, 0.3) is 0 Å². The maximum Gasteiger partial charge on any atom is 0.231 e. The van der Waals surface area contributed by atoms with Gasteiger partial charge in [-0.05, 0) is 49.1 Å². The second kappa shape index (κ2) is 16.1. The Morgan fingerprint density at radius 1 is 0.500 bits per heavy atom. The molecule has 3 heterocycles. The molecule has 0 radical (unpaired) electrons. The van der Waals surface area contributed by atoms with E-state index in [1.54, 1.807) is 47.7 Å². The van der Waals surface area contributed by atoms with Crippen molar-refractivity contribution in [2.45, 2.75) is 19.3 Å². The van der Waals surface area contributed by atoms with E-state index in [0.717, 1.165) is 34.6 Å². The summed E-state index contributed by atoms with van der Waals surface area (Å²) in [5, 5.41) is 0. The quantitative estimate of drug-likeness (QED) is 0.216. The lowest BCUT2D eigenvalue weighted by atomic mass is 10.1. The largest absolute Gasteiger partial charge is 0.493 e. The molecule has 6 rings (SSSR count). The van der Waals surface area contributed by atoms with E-state index in [2.05, 4.69) is 19.7 Å². The van der Waals surface area contributed by atoms with Gasteiger partial charge in [-0.1, -0.05) is 18.2 Å². The van der Waals surface area contributed by atoms with Crippen molar-refractivity contribution in [2.24, 2.45) is 0 Å². The lowest BCUT2D eigenvalue weighted by Gasteiger charge is -2.13. The Hall–Kier alpha value is -5.32. The van der Waals surface area contributed by atoms with Crippen molar-refractivity contribution >= 4 is 0 Å². The monoisotopic (exact) mass is 636 g/mol. The van der Waals surface area contributed by atoms with Gasteiger partial charge in [-0.3, -0.25) is 0 Å². The number of benzene rings is 3. The van der Waals surface area contributed by atoms with Gasteiger partial charge in [0.1, 0.15) is 0 Å². The molecule has 0 amide bonds. The van der Waals surface area contributed by atoms with Gasteiger partial charge in [0.25, 0.3) is 0 Å². The average molecular weight is 637 g/mol. The van der Waals surface area contributed by atoms with Crippen molar-refractivity contribution in [3.8, 4) is 63.2 Å². The van der Waals surface area contributed by atoms with Crippen molar-refractivity contribution in [3.63, 3.8) is 0 Å². The molecule has 3 aromatic carbocycles. The van der Waals surface area contributed by atoms with E-state index in [9.17, 15) is 0 Å². The van der Waals surface area contributed by atoms with E-state index >= 15 is 0 Å². The van der Waals surface area contributed by atoms with Crippen LogP contribution in [0.1, 0.15) is 16.7 Å². The van der Waals surface area contributed by atoms with Gasteiger partial charge in [-0.2, -0.15) is 0 Å². The number of rotatable bonds is 11. The molecule has 11 nitrogen and oxygen atoms in total. The van der Waals surface area contributed by atoms with E-state index in [1.807, 2.05) is 30.3 Å². The van der Waals surface area contributed by atoms with Crippen LogP contribution in [-0.2, 0) is 19.3 Å². The minimum atomic E-state index is 0.194. The van der Waals surface area contributed by atoms with Gasteiger partial charge >= 0.3 is 0 Å². The van der Waals surface area contributed by atoms with Gasteiger partial charge in [0.15, 0.2) is 34.5 Å². The number of hydrogen-bond acceptors (Lipinski definition) is 11. The smallest absolute Gasteiger partial charge is 0.231 e. The summed E-state index contributed by atoms with van der Waals surface area (Å²) in [6.07, 6.45) is 7.63. The fourth-order valence-electron chi connectivity index (χ4n) is 4.98. The van der Waals surface area contributed by atoms with Crippen molar-refractivity contribution in [1.82, 2.24) is 0 Å². The normalized spacial score (nSPS) is 12.5. The van der Waals surface area contributed by atoms with Crippen LogP contribution in [0, 0.1) is 0 Å². The van der Waals surface area contributed by atoms with Crippen LogP contribution in [0.15, 0.2) is 62.2 Å². The molecule has 0 saturated carbocycles. The molecule has 0 atom stereocenters. The fourth-order valence-corrected chi connectivity index (χ4v) is 4.98. The van der Waals surface area contributed by atoms with Crippen LogP contribution in [0.3, 0.4) is 0 Å². The van der Waals surface area contributed by atoms with Gasteiger partial charge in [-0.25, -0.2) is 0 Å². The number of ether oxygens (including phenoxy) is 11. The fraction of sp³-hybridized carbons (Fsp3) is 0.314. The summed E-state index contributed by atoms with van der Waals surface area (Å²) in [6.45, 7) is 11.8. The first-order chi connectivity index (χ1) is 22.5. The summed E-state index contributed by atoms with van der Waals surface area (Å²) in [5.74, 6) is 7.27. The second-order valence-electron chi connectivity index (χ2n) is 9.68. The molecule has 0 N–H and O–H groups in total. The Balaban J connectivity index is 0.000000157. The van der Waals surface area contributed by atoms with Crippen molar-refractivity contribution < 1.29 is 52.1 Å². The third kappa shape index (κ3) is 7.14. The Bertz CT molecular complexity index is 1540. The Morgan fingerprint density at radius 3 is 1.59 bits per heavy atom.